The monoisotopic (exact) mass is 355 g/mol. The predicted octanol–water partition coefficient (Wildman–Crippen LogP) is 3.57. The highest BCUT2D eigenvalue weighted by Gasteiger charge is 2.18. The number of hydrogen-bond donors (Lipinski definition) is 1. The largest absolute Gasteiger partial charge is 0.497 e. The third kappa shape index (κ3) is 3.13. The molecule has 1 N–H and O–H groups in total. The van der Waals surface area contributed by atoms with Crippen LogP contribution in [0.25, 0.3) is 0 Å². The number of sulfonamides is 1. The van der Waals surface area contributed by atoms with Gasteiger partial charge in [0.2, 0.25) is 0 Å². The van der Waals surface area contributed by atoms with Gasteiger partial charge in [0, 0.05) is 4.47 Å². The van der Waals surface area contributed by atoms with Gasteiger partial charge in [-0.15, -0.1) is 0 Å². The smallest absolute Gasteiger partial charge is 0.263 e. The lowest BCUT2D eigenvalue weighted by atomic mass is 10.2. The van der Waals surface area contributed by atoms with Gasteiger partial charge in [-0.25, -0.2) is 8.42 Å². The second kappa shape index (κ2) is 5.85. The standard InChI is InChI=1S/C14H14BrNO3S/c1-10-9-11(19-2)7-8-13(10)16-20(17,18)14-6-4-3-5-12(14)15/h3-9,16H,1-2H3. The van der Waals surface area contributed by atoms with Crippen LogP contribution in [-0.4, -0.2) is 15.5 Å². The van der Waals surface area contributed by atoms with Gasteiger partial charge in [0.05, 0.1) is 12.8 Å². The van der Waals surface area contributed by atoms with Crippen LogP contribution >= 0.6 is 15.9 Å². The van der Waals surface area contributed by atoms with E-state index >= 15 is 0 Å². The van der Waals surface area contributed by atoms with Gasteiger partial charge in [0.1, 0.15) is 10.6 Å². The Morgan fingerprint density at radius 2 is 1.85 bits per heavy atom. The Morgan fingerprint density at radius 3 is 2.45 bits per heavy atom. The quantitative estimate of drug-likeness (QED) is 0.911. The van der Waals surface area contributed by atoms with E-state index in [-0.39, 0.29) is 4.90 Å². The summed E-state index contributed by atoms with van der Waals surface area (Å²) in [4.78, 5) is 0.204. The van der Waals surface area contributed by atoms with Crippen molar-refractivity contribution in [1.29, 1.82) is 0 Å². The second-order valence-electron chi connectivity index (χ2n) is 4.22. The van der Waals surface area contributed by atoms with Crippen molar-refractivity contribution in [3.05, 3.63) is 52.5 Å². The van der Waals surface area contributed by atoms with Gasteiger partial charge >= 0.3 is 0 Å². The van der Waals surface area contributed by atoms with Crippen LogP contribution in [0.3, 0.4) is 0 Å². The number of anilines is 1. The molecule has 0 atom stereocenters. The Bertz CT molecular complexity index is 729. The van der Waals surface area contributed by atoms with Crippen LogP contribution in [0.15, 0.2) is 51.8 Å². The Morgan fingerprint density at radius 1 is 1.15 bits per heavy atom. The molecule has 106 valence electrons. The van der Waals surface area contributed by atoms with E-state index in [1.807, 2.05) is 6.92 Å². The van der Waals surface area contributed by atoms with Crippen LogP contribution in [0.2, 0.25) is 0 Å². The number of benzene rings is 2. The van der Waals surface area contributed by atoms with E-state index in [0.29, 0.717) is 15.9 Å². The molecule has 0 aliphatic heterocycles. The minimum Gasteiger partial charge on any atom is -0.497 e. The molecular weight excluding hydrogens is 342 g/mol. The van der Waals surface area contributed by atoms with Gasteiger partial charge in [-0.05, 0) is 58.7 Å². The summed E-state index contributed by atoms with van der Waals surface area (Å²) in [6.07, 6.45) is 0. The molecule has 6 heteroatoms. The molecule has 0 fully saturated rings. The maximum absolute atomic E-state index is 12.4. The molecule has 4 nitrogen and oxygen atoms in total. The number of nitrogens with one attached hydrogen (secondary N) is 1. The number of aryl methyl sites for hydroxylation is 1. The first-order valence-electron chi connectivity index (χ1n) is 5.86. The first-order valence-corrected chi connectivity index (χ1v) is 8.13. The van der Waals surface area contributed by atoms with Gasteiger partial charge in [-0.2, -0.15) is 0 Å². The summed E-state index contributed by atoms with van der Waals surface area (Å²) < 4.78 is 32.9. The molecule has 0 aliphatic rings. The van der Waals surface area contributed by atoms with Crippen molar-refractivity contribution in [3.63, 3.8) is 0 Å². The molecule has 0 heterocycles. The first-order chi connectivity index (χ1) is 9.44. The average molecular weight is 356 g/mol. The molecule has 2 aromatic carbocycles. The minimum absolute atomic E-state index is 0.204. The highest BCUT2D eigenvalue weighted by atomic mass is 79.9. The molecule has 0 saturated carbocycles. The fourth-order valence-electron chi connectivity index (χ4n) is 1.74. The van der Waals surface area contributed by atoms with E-state index < -0.39 is 10.0 Å². The fraction of sp³-hybridized carbons (Fsp3) is 0.143. The molecular formula is C14H14BrNO3S. The lowest BCUT2D eigenvalue weighted by Crippen LogP contribution is -2.14. The summed E-state index contributed by atoms with van der Waals surface area (Å²) in [6.45, 7) is 1.82. The zero-order chi connectivity index (χ0) is 14.8. The Hall–Kier alpha value is -1.53. The third-order valence-corrected chi connectivity index (χ3v) is 5.18. The zero-order valence-electron chi connectivity index (χ0n) is 11.1. The number of hydrogen-bond acceptors (Lipinski definition) is 3. The fourth-order valence-corrected chi connectivity index (χ4v) is 3.88. The Labute approximate surface area is 127 Å². The maximum atomic E-state index is 12.4. The van der Waals surface area contributed by atoms with Gasteiger partial charge in [-0.1, -0.05) is 12.1 Å². The summed E-state index contributed by atoms with van der Waals surface area (Å²) in [5, 5.41) is 0. The molecule has 0 aliphatic carbocycles. The predicted molar refractivity (Wildman–Crippen MR) is 82.7 cm³/mol. The summed E-state index contributed by atoms with van der Waals surface area (Å²) in [7, 11) is -2.05. The molecule has 0 spiro atoms. The van der Waals surface area contributed by atoms with Gasteiger partial charge in [-0.3, -0.25) is 4.72 Å². The van der Waals surface area contributed by atoms with E-state index in [9.17, 15) is 8.42 Å². The number of halogens is 1. The van der Waals surface area contributed by atoms with Crippen LogP contribution in [0.1, 0.15) is 5.56 Å². The number of ether oxygens (including phenoxy) is 1. The molecule has 0 bridgehead atoms. The molecule has 20 heavy (non-hydrogen) atoms. The van der Waals surface area contributed by atoms with E-state index in [0.717, 1.165) is 5.56 Å². The van der Waals surface area contributed by atoms with Gasteiger partial charge in [0.25, 0.3) is 10.0 Å². The highest BCUT2D eigenvalue weighted by molar-refractivity contribution is 9.10. The highest BCUT2D eigenvalue weighted by Crippen LogP contribution is 2.26. The second-order valence-corrected chi connectivity index (χ2v) is 6.72. The van der Waals surface area contributed by atoms with Crippen LogP contribution in [-0.2, 0) is 10.0 Å². The normalized spacial score (nSPS) is 11.2. The van der Waals surface area contributed by atoms with E-state index in [4.69, 9.17) is 4.74 Å². The molecule has 2 rings (SSSR count). The third-order valence-electron chi connectivity index (χ3n) is 2.80. The lowest BCUT2D eigenvalue weighted by molar-refractivity contribution is 0.414. The first kappa shape index (κ1) is 14.9. The van der Waals surface area contributed by atoms with Gasteiger partial charge in [0.15, 0.2) is 0 Å². The molecule has 0 unspecified atom stereocenters. The van der Waals surface area contributed by atoms with Crippen LogP contribution in [0, 0.1) is 6.92 Å². The summed E-state index contributed by atoms with van der Waals surface area (Å²) >= 11 is 3.25. The van der Waals surface area contributed by atoms with Crippen molar-refractivity contribution in [2.45, 2.75) is 11.8 Å². The number of rotatable bonds is 4. The average Bonchev–Trinajstić information content (AvgIpc) is 2.41. The SMILES string of the molecule is COc1ccc(NS(=O)(=O)c2ccccc2Br)c(C)c1. The van der Waals surface area contributed by atoms with E-state index in [1.165, 1.54) is 0 Å². The van der Waals surface area contributed by atoms with Crippen molar-refractivity contribution >= 4 is 31.6 Å². The van der Waals surface area contributed by atoms with E-state index in [1.54, 1.807) is 49.6 Å². The summed E-state index contributed by atoms with van der Waals surface area (Å²) in [5.41, 5.74) is 1.32. The van der Waals surface area contributed by atoms with Gasteiger partial charge < -0.3 is 4.74 Å². The summed E-state index contributed by atoms with van der Waals surface area (Å²) in [6, 6.07) is 11.9. The Balaban J connectivity index is 2.36. The van der Waals surface area contributed by atoms with Crippen molar-refractivity contribution < 1.29 is 13.2 Å². The minimum atomic E-state index is -3.62. The molecule has 0 radical (unpaired) electrons. The van der Waals surface area contributed by atoms with E-state index in [2.05, 4.69) is 20.7 Å². The molecule has 0 aromatic heterocycles. The van der Waals surface area contributed by atoms with Crippen molar-refractivity contribution in [2.75, 3.05) is 11.8 Å². The molecule has 0 amide bonds. The maximum Gasteiger partial charge on any atom is 0.263 e. The van der Waals surface area contributed by atoms with Crippen LogP contribution < -0.4 is 9.46 Å². The van der Waals surface area contributed by atoms with Crippen molar-refractivity contribution in [3.8, 4) is 5.75 Å². The number of methoxy groups -OCH3 is 1. The topological polar surface area (TPSA) is 55.4 Å². The molecule has 2 aromatic rings. The zero-order valence-corrected chi connectivity index (χ0v) is 13.5. The summed E-state index contributed by atoms with van der Waals surface area (Å²) in [5.74, 6) is 0.686. The Kier molecular flexibility index (Phi) is 4.35. The lowest BCUT2D eigenvalue weighted by Gasteiger charge is -2.12. The van der Waals surface area contributed by atoms with Crippen molar-refractivity contribution in [1.82, 2.24) is 0 Å². The van der Waals surface area contributed by atoms with Crippen LogP contribution in [0.4, 0.5) is 5.69 Å². The van der Waals surface area contributed by atoms with Crippen LogP contribution in [0.5, 0.6) is 5.75 Å². The van der Waals surface area contributed by atoms with Crippen molar-refractivity contribution in [2.24, 2.45) is 0 Å². The molecule has 0 saturated heterocycles.